The van der Waals surface area contributed by atoms with Crippen LogP contribution in [0.25, 0.3) is 0 Å². The number of unbranched alkanes of at least 4 members (excludes halogenated alkanes) is 2. The Morgan fingerprint density at radius 2 is 1.39 bits per heavy atom. The molecule has 0 aromatic carbocycles. The molecule has 5 nitrogen and oxygen atoms in total. The molecular formula is C13H27NO4. The fraction of sp³-hybridized carbons (Fsp3) is 0.923. The van der Waals surface area contributed by atoms with Crippen LogP contribution in [0.4, 0.5) is 0 Å². The van der Waals surface area contributed by atoms with Crippen LogP contribution in [0.2, 0.25) is 0 Å². The van der Waals surface area contributed by atoms with Gasteiger partial charge in [0.1, 0.15) is 5.78 Å². The van der Waals surface area contributed by atoms with Crippen LogP contribution in [-0.4, -0.2) is 52.0 Å². The summed E-state index contributed by atoms with van der Waals surface area (Å²) in [6.07, 6.45) is 3.73. The van der Waals surface area contributed by atoms with Crippen LogP contribution in [0.15, 0.2) is 0 Å². The van der Waals surface area contributed by atoms with Crippen LogP contribution in [0, 0.1) is 0 Å². The SMILES string of the molecule is CC(=O)CCOCCOCCOCCCCCN. The van der Waals surface area contributed by atoms with E-state index in [0.717, 1.165) is 32.4 Å². The summed E-state index contributed by atoms with van der Waals surface area (Å²) in [5, 5.41) is 0. The maximum atomic E-state index is 10.6. The Labute approximate surface area is 110 Å². The minimum absolute atomic E-state index is 0.152. The van der Waals surface area contributed by atoms with Gasteiger partial charge in [0, 0.05) is 13.0 Å². The van der Waals surface area contributed by atoms with E-state index in [4.69, 9.17) is 19.9 Å². The predicted molar refractivity (Wildman–Crippen MR) is 70.7 cm³/mol. The molecule has 0 spiro atoms. The monoisotopic (exact) mass is 261 g/mol. The molecule has 0 aromatic heterocycles. The molecule has 0 fully saturated rings. The number of hydrogen-bond donors (Lipinski definition) is 1. The van der Waals surface area contributed by atoms with Crippen molar-refractivity contribution >= 4 is 5.78 Å². The van der Waals surface area contributed by atoms with E-state index in [1.54, 1.807) is 6.92 Å². The number of nitrogens with two attached hydrogens (primary N) is 1. The van der Waals surface area contributed by atoms with Gasteiger partial charge in [-0.25, -0.2) is 0 Å². The van der Waals surface area contributed by atoms with Crippen molar-refractivity contribution in [3.05, 3.63) is 0 Å². The fourth-order valence-electron chi connectivity index (χ4n) is 1.28. The molecular weight excluding hydrogens is 234 g/mol. The van der Waals surface area contributed by atoms with Crippen molar-refractivity contribution in [3.63, 3.8) is 0 Å². The Hall–Kier alpha value is -0.490. The Balaban J connectivity index is 2.92. The van der Waals surface area contributed by atoms with E-state index in [1.807, 2.05) is 0 Å². The maximum Gasteiger partial charge on any atom is 0.132 e. The zero-order valence-corrected chi connectivity index (χ0v) is 11.5. The molecule has 0 radical (unpaired) electrons. The Morgan fingerprint density at radius 3 is 1.94 bits per heavy atom. The van der Waals surface area contributed by atoms with Gasteiger partial charge >= 0.3 is 0 Å². The largest absolute Gasteiger partial charge is 0.379 e. The molecule has 0 saturated carbocycles. The lowest BCUT2D eigenvalue weighted by molar-refractivity contribution is -0.118. The van der Waals surface area contributed by atoms with Gasteiger partial charge in [0.2, 0.25) is 0 Å². The summed E-state index contributed by atoms with van der Waals surface area (Å²) in [6.45, 7) is 5.87. The fourth-order valence-corrected chi connectivity index (χ4v) is 1.28. The highest BCUT2D eigenvalue weighted by Gasteiger charge is 1.94. The number of carbonyl (C=O) groups is 1. The van der Waals surface area contributed by atoms with E-state index >= 15 is 0 Å². The number of rotatable bonds is 14. The Kier molecular flexibility index (Phi) is 14.2. The normalized spacial score (nSPS) is 10.8. The first-order valence-electron chi connectivity index (χ1n) is 6.70. The van der Waals surface area contributed by atoms with Gasteiger partial charge < -0.3 is 19.9 Å². The lowest BCUT2D eigenvalue weighted by atomic mass is 10.2. The van der Waals surface area contributed by atoms with Gasteiger partial charge in [-0.2, -0.15) is 0 Å². The average Bonchev–Trinajstić information content (AvgIpc) is 2.34. The summed E-state index contributed by atoms with van der Waals surface area (Å²) in [5.41, 5.74) is 5.38. The lowest BCUT2D eigenvalue weighted by Crippen LogP contribution is -2.11. The zero-order chi connectivity index (χ0) is 13.5. The van der Waals surface area contributed by atoms with Gasteiger partial charge in [-0.1, -0.05) is 0 Å². The summed E-state index contributed by atoms with van der Waals surface area (Å²) in [4.78, 5) is 10.6. The van der Waals surface area contributed by atoms with E-state index in [-0.39, 0.29) is 5.78 Å². The average molecular weight is 261 g/mol. The van der Waals surface area contributed by atoms with Crippen LogP contribution in [0.5, 0.6) is 0 Å². The quantitative estimate of drug-likeness (QED) is 0.475. The molecule has 5 heteroatoms. The molecule has 2 N–H and O–H groups in total. The van der Waals surface area contributed by atoms with Crippen LogP contribution < -0.4 is 5.73 Å². The predicted octanol–water partition coefficient (Wildman–Crippen LogP) is 1.14. The van der Waals surface area contributed by atoms with E-state index < -0.39 is 0 Å². The second-order valence-corrected chi connectivity index (χ2v) is 4.14. The minimum Gasteiger partial charge on any atom is -0.379 e. The van der Waals surface area contributed by atoms with Crippen molar-refractivity contribution in [2.75, 3.05) is 46.2 Å². The highest BCUT2D eigenvalue weighted by molar-refractivity contribution is 5.75. The van der Waals surface area contributed by atoms with Crippen molar-refractivity contribution in [2.45, 2.75) is 32.6 Å². The zero-order valence-electron chi connectivity index (χ0n) is 11.5. The van der Waals surface area contributed by atoms with Crippen molar-refractivity contribution in [2.24, 2.45) is 5.73 Å². The van der Waals surface area contributed by atoms with Gasteiger partial charge in [0.15, 0.2) is 0 Å². The van der Waals surface area contributed by atoms with E-state index in [9.17, 15) is 4.79 Å². The molecule has 18 heavy (non-hydrogen) atoms. The third-order valence-corrected chi connectivity index (χ3v) is 2.34. The summed E-state index contributed by atoms with van der Waals surface area (Å²) in [5.74, 6) is 0.152. The number of hydrogen-bond acceptors (Lipinski definition) is 5. The molecule has 0 atom stereocenters. The van der Waals surface area contributed by atoms with Gasteiger partial charge in [-0.15, -0.1) is 0 Å². The Bertz CT molecular complexity index is 188. The van der Waals surface area contributed by atoms with Gasteiger partial charge in [0.05, 0.1) is 33.0 Å². The first-order valence-corrected chi connectivity index (χ1v) is 6.70. The van der Waals surface area contributed by atoms with E-state index in [2.05, 4.69) is 0 Å². The van der Waals surface area contributed by atoms with Crippen molar-refractivity contribution in [1.82, 2.24) is 0 Å². The van der Waals surface area contributed by atoms with E-state index in [0.29, 0.717) is 39.5 Å². The van der Waals surface area contributed by atoms with Gasteiger partial charge in [-0.05, 0) is 32.7 Å². The number of Topliss-reactive ketones (excluding diaryl/α,β-unsaturated/α-hetero) is 1. The van der Waals surface area contributed by atoms with Crippen LogP contribution in [0.3, 0.4) is 0 Å². The van der Waals surface area contributed by atoms with Gasteiger partial charge in [-0.3, -0.25) is 4.79 Å². The molecule has 0 unspecified atom stereocenters. The maximum absolute atomic E-state index is 10.6. The summed E-state index contributed by atoms with van der Waals surface area (Å²) in [6, 6.07) is 0. The number of carbonyl (C=O) groups excluding carboxylic acids is 1. The highest BCUT2D eigenvalue weighted by Crippen LogP contribution is 1.93. The summed E-state index contributed by atoms with van der Waals surface area (Å²) in [7, 11) is 0. The standard InChI is InChI=1S/C13H27NO4/c1-13(15)5-8-17-10-12-18-11-9-16-7-4-2-3-6-14/h2-12,14H2,1H3. The summed E-state index contributed by atoms with van der Waals surface area (Å²) >= 11 is 0. The molecule has 0 rings (SSSR count). The highest BCUT2D eigenvalue weighted by atomic mass is 16.5. The third-order valence-electron chi connectivity index (χ3n) is 2.34. The van der Waals surface area contributed by atoms with E-state index in [1.165, 1.54) is 0 Å². The molecule has 0 aromatic rings. The minimum atomic E-state index is 0.152. The molecule has 0 aliphatic rings. The second kappa shape index (κ2) is 14.6. The Morgan fingerprint density at radius 1 is 0.833 bits per heavy atom. The third kappa shape index (κ3) is 15.5. The summed E-state index contributed by atoms with van der Waals surface area (Å²) < 4.78 is 15.9. The topological polar surface area (TPSA) is 70.8 Å². The second-order valence-electron chi connectivity index (χ2n) is 4.14. The molecule has 0 aliphatic carbocycles. The molecule has 0 amide bonds. The number of ketones is 1. The lowest BCUT2D eigenvalue weighted by Gasteiger charge is -2.06. The molecule has 0 bridgehead atoms. The molecule has 108 valence electrons. The van der Waals surface area contributed by atoms with Crippen molar-refractivity contribution in [1.29, 1.82) is 0 Å². The smallest absolute Gasteiger partial charge is 0.132 e. The first kappa shape index (κ1) is 17.5. The van der Waals surface area contributed by atoms with Crippen LogP contribution in [-0.2, 0) is 19.0 Å². The molecule has 0 aliphatic heterocycles. The molecule has 0 heterocycles. The molecule has 0 saturated heterocycles. The van der Waals surface area contributed by atoms with Crippen molar-refractivity contribution < 1.29 is 19.0 Å². The van der Waals surface area contributed by atoms with Crippen molar-refractivity contribution in [3.8, 4) is 0 Å². The number of ether oxygens (including phenoxy) is 3. The van der Waals surface area contributed by atoms with Gasteiger partial charge in [0.25, 0.3) is 0 Å². The first-order chi connectivity index (χ1) is 8.77. The van der Waals surface area contributed by atoms with Crippen LogP contribution >= 0.6 is 0 Å². The van der Waals surface area contributed by atoms with Crippen LogP contribution in [0.1, 0.15) is 32.6 Å².